The molecule has 6 nitrogen and oxygen atoms in total. The first-order valence-electron chi connectivity index (χ1n) is 7.81. The molecule has 1 aromatic carbocycles. The summed E-state index contributed by atoms with van der Waals surface area (Å²) in [6.07, 6.45) is 5.34. The summed E-state index contributed by atoms with van der Waals surface area (Å²) in [6, 6.07) is 9.34. The van der Waals surface area contributed by atoms with Crippen molar-refractivity contribution in [2.75, 3.05) is 38.0 Å². The number of para-hydroxylation sites is 1. The first-order valence-corrected chi connectivity index (χ1v) is 8.63. The highest BCUT2D eigenvalue weighted by Gasteiger charge is 2.19. The molecule has 124 valence electrons. The Morgan fingerprint density at radius 3 is 2.58 bits per heavy atom. The molecular weight excluding hydrogens is 322 g/mol. The van der Waals surface area contributed by atoms with E-state index in [9.17, 15) is 4.79 Å². The van der Waals surface area contributed by atoms with Gasteiger partial charge in [0.25, 0.3) is 5.91 Å². The molecule has 2 aromatic rings. The number of terminal acetylenes is 1. The van der Waals surface area contributed by atoms with Crippen LogP contribution in [0.25, 0.3) is 0 Å². The van der Waals surface area contributed by atoms with Crippen LogP contribution in [0.4, 0.5) is 5.69 Å². The molecule has 0 atom stereocenters. The van der Waals surface area contributed by atoms with E-state index in [-0.39, 0.29) is 5.91 Å². The molecule has 0 aliphatic carbocycles. The number of nitrogens with one attached hydrogen (secondary N) is 1. The summed E-state index contributed by atoms with van der Waals surface area (Å²) >= 11 is 1.34. The molecular formula is C17H19N5OS. The van der Waals surface area contributed by atoms with Gasteiger partial charge in [0.1, 0.15) is 5.01 Å². The van der Waals surface area contributed by atoms with E-state index in [1.54, 1.807) is 0 Å². The molecule has 2 heterocycles. The van der Waals surface area contributed by atoms with Gasteiger partial charge in [-0.1, -0.05) is 35.5 Å². The molecule has 1 fully saturated rings. The fraction of sp³-hybridized carbons (Fsp3) is 0.353. The third kappa shape index (κ3) is 4.38. The molecule has 7 heteroatoms. The minimum Gasteiger partial charge on any atom is -0.320 e. The van der Waals surface area contributed by atoms with E-state index in [0.717, 1.165) is 43.4 Å². The van der Waals surface area contributed by atoms with Gasteiger partial charge in [0.15, 0.2) is 0 Å². The molecule has 0 radical (unpaired) electrons. The van der Waals surface area contributed by atoms with Crippen molar-refractivity contribution in [1.29, 1.82) is 0 Å². The van der Waals surface area contributed by atoms with E-state index >= 15 is 0 Å². The van der Waals surface area contributed by atoms with Crippen LogP contribution < -0.4 is 5.32 Å². The Hall–Kier alpha value is -2.27. The zero-order valence-electron chi connectivity index (χ0n) is 13.3. The van der Waals surface area contributed by atoms with Gasteiger partial charge in [0.2, 0.25) is 5.01 Å². The quantitative estimate of drug-likeness (QED) is 0.836. The SMILES string of the molecule is C#CCN1CCN(Cc2nnc(C(=O)Nc3ccccc3)s2)CC1. The van der Waals surface area contributed by atoms with Crippen molar-refractivity contribution in [3.63, 3.8) is 0 Å². The van der Waals surface area contributed by atoms with E-state index in [2.05, 4.69) is 31.2 Å². The average molecular weight is 341 g/mol. The van der Waals surface area contributed by atoms with Crippen LogP contribution in [-0.2, 0) is 6.54 Å². The van der Waals surface area contributed by atoms with Crippen molar-refractivity contribution < 1.29 is 4.79 Å². The fourth-order valence-corrected chi connectivity index (χ4v) is 3.32. The van der Waals surface area contributed by atoms with Crippen molar-refractivity contribution in [3.8, 4) is 12.3 Å². The molecule has 0 bridgehead atoms. The molecule has 1 saturated heterocycles. The second kappa shape index (κ2) is 8.02. The molecule has 0 spiro atoms. The van der Waals surface area contributed by atoms with Gasteiger partial charge in [0.05, 0.1) is 13.1 Å². The number of carbonyl (C=O) groups excluding carboxylic acids is 1. The van der Waals surface area contributed by atoms with Gasteiger partial charge in [-0.05, 0) is 12.1 Å². The van der Waals surface area contributed by atoms with Crippen LogP contribution in [0.1, 0.15) is 14.8 Å². The molecule has 1 aliphatic rings. The minimum atomic E-state index is -0.219. The summed E-state index contributed by atoms with van der Waals surface area (Å²) in [6.45, 7) is 5.25. The first-order chi connectivity index (χ1) is 11.7. The monoisotopic (exact) mass is 341 g/mol. The van der Waals surface area contributed by atoms with Gasteiger partial charge >= 0.3 is 0 Å². The number of rotatable bonds is 5. The highest BCUT2D eigenvalue weighted by molar-refractivity contribution is 7.13. The highest BCUT2D eigenvalue weighted by Crippen LogP contribution is 2.15. The molecule has 0 unspecified atom stereocenters. The van der Waals surface area contributed by atoms with Crippen LogP contribution >= 0.6 is 11.3 Å². The van der Waals surface area contributed by atoms with Crippen LogP contribution in [-0.4, -0.2) is 58.6 Å². The number of hydrogen-bond donors (Lipinski definition) is 1. The van der Waals surface area contributed by atoms with Gasteiger partial charge in [-0.2, -0.15) is 0 Å². The summed E-state index contributed by atoms with van der Waals surface area (Å²) in [5.74, 6) is 2.46. The first kappa shape index (κ1) is 16.6. The predicted octanol–water partition coefficient (Wildman–Crippen LogP) is 1.54. The number of amides is 1. The van der Waals surface area contributed by atoms with Crippen LogP contribution in [0.2, 0.25) is 0 Å². The smallest absolute Gasteiger partial charge is 0.286 e. The number of piperazine rings is 1. The predicted molar refractivity (Wildman–Crippen MR) is 94.9 cm³/mol. The number of aromatic nitrogens is 2. The van der Waals surface area contributed by atoms with Gasteiger partial charge in [-0.15, -0.1) is 16.6 Å². The molecule has 1 aliphatic heterocycles. The number of nitrogens with zero attached hydrogens (tertiary/aromatic N) is 4. The van der Waals surface area contributed by atoms with Crippen molar-refractivity contribution in [2.24, 2.45) is 0 Å². The van der Waals surface area contributed by atoms with Crippen LogP contribution in [0.3, 0.4) is 0 Å². The largest absolute Gasteiger partial charge is 0.320 e. The molecule has 24 heavy (non-hydrogen) atoms. The second-order valence-electron chi connectivity index (χ2n) is 5.58. The maximum absolute atomic E-state index is 12.2. The minimum absolute atomic E-state index is 0.219. The molecule has 0 saturated carbocycles. The normalized spacial score (nSPS) is 15.8. The van der Waals surface area contributed by atoms with Gasteiger partial charge in [0, 0.05) is 31.9 Å². The van der Waals surface area contributed by atoms with Crippen LogP contribution in [0.15, 0.2) is 30.3 Å². The van der Waals surface area contributed by atoms with Crippen LogP contribution in [0, 0.1) is 12.3 Å². The van der Waals surface area contributed by atoms with Crippen molar-refractivity contribution in [1.82, 2.24) is 20.0 Å². The topological polar surface area (TPSA) is 61.4 Å². The number of hydrogen-bond acceptors (Lipinski definition) is 6. The Balaban J connectivity index is 1.52. The highest BCUT2D eigenvalue weighted by atomic mass is 32.1. The fourth-order valence-electron chi connectivity index (χ4n) is 2.54. The lowest BCUT2D eigenvalue weighted by molar-refractivity contribution is 0.102. The van der Waals surface area contributed by atoms with Crippen molar-refractivity contribution in [2.45, 2.75) is 6.54 Å². The third-order valence-electron chi connectivity index (χ3n) is 3.83. The zero-order valence-corrected chi connectivity index (χ0v) is 14.1. The number of anilines is 1. The maximum atomic E-state index is 12.2. The van der Waals surface area contributed by atoms with Gasteiger partial charge in [-0.3, -0.25) is 14.6 Å². The Morgan fingerprint density at radius 2 is 1.88 bits per heavy atom. The van der Waals surface area contributed by atoms with Crippen molar-refractivity contribution >= 4 is 22.9 Å². The third-order valence-corrected chi connectivity index (χ3v) is 4.74. The number of carbonyl (C=O) groups is 1. The van der Waals surface area contributed by atoms with Crippen molar-refractivity contribution in [3.05, 3.63) is 40.3 Å². The zero-order chi connectivity index (χ0) is 16.8. The van der Waals surface area contributed by atoms with Crippen LogP contribution in [0.5, 0.6) is 0 Å². The summed E-state index contributed by atoms with van der Waals surface area (Å²) < 4.78 is 0. The summed E-state index contributed by atoms with van der Waals surface area (Å²) in [5, 5.41) is 12.2. The Bertz CT molecular complexity index is 716. The molecule has 1 aromatic heterocycles. The molecule has 1 N–H and O–H groups in total. The summed E-state index contributed by atoms with van der Waals surface area (Å²) in [4.78, 5) is 16.8. The lowest BCUT2D eigenvalue weighted by Gasteiger charge is -2.32. The Labute approximate surface area is 145 Å². The van der Waals surface area contributed by atoms with E-state index < -0.39 is 0 Å². The Kier molecular flexibility index (Phi) is 5.54. The lowest BCUT2D eigenvalue weighted by atomic mass is 10.3. The second-order valence-corrected chi connectivity index (χ2v) is 6.64. The molecule has 1 amide bonds. The summed E-state index contributed by atoms with van der Waals surface area (Å²) in [5.41, 5.74) is 0.754. The van der Waals surface area contributed by atoms with E-state index in [1.807, 2.05) is 30.3 Å². The van der Waals surface area contributed by atoms with Gasteiger partial charge < -0.3 is 5.32 Å². The van der Waals surface area contributed by atoms with E-state index in [4.69, 9.17) is 6.42 Å². The molecule has 3 rings (SSSR count). The average Bonchev–Trinajstić information content (AvgIpc) is 3.06. The summed E-state index contributed by atoms with van der Waals surface area (Å²) in [7, 11) is 0. The van der Waals surface area contributed by atoms with E-state index in [0.29, 0.717) is 11.6 Å². The standard InChI is InChI=1S/C17H19N5OS/c1-2-8-21-9-11-22(12-10-21)13-15-19-20-17(24-15)16(23)18-14-6-4-3-5-7-14/h1,3-7H,8-13H2,(H,18,23). The maximum Gasteiger partial charge on any atom is 0.286 e. The van der Waals surface area contributed by atoms with Gasteiger partial charge in [-0.25, -0.2) is 0 Å². The van der Waals surface area contributed by atoms with E-state index in [1.165, 1.54) is 11.3 Å². The lowest BCUT2D eigenvalue weighted by Crippen LogP contribution is -2.45. The number of benzene rings is 1. The Morgan fingerprint density at radius 1 is 1.17 bits per heavy atom.